The lowest BCUT2D eigenvalue weighted by atomic mass is 10.0. The molecule has 0 aliphatic carbocycles. The summed E-state index contributed by atoms with van der Waals surface area (Å²) in [5.74, 6) is 2.54. The van der Waals surface area contributed by atoms with E-state index in [1.54, 1.807) is 18.3 Å². The van der Waals surface area contributed by atoms with Crippen LogP contribution >= 0.6 is 0 Å². The molecule has 4 rings (SSSR count). The van der Waals surface area contributed by atoms with E-state index >= 15 is 0 Å². The van der Waals surface area contributed by atoms with Crippen LogP contribution in [0, 0.1) is 6.92 Å². The molecule has 0 spiro atoms. The van der Waals surface area contributed by atoms with E-state index in [9.17, 15) is 8.42 Å². The second-order valence-corrected chi connectivity index (χ2v) is 10.2. The summed E-state index contributed by atoms with van der Waals surface area (Å²) in [5, 5.41) is 0. The minimum atomic E-state index is -3.28. The van der Waals surface area contributed by atoms with Gasteiger partial charge in [-0.1, -0.05) is 18.2 Å². The largest absolute Gasteiger partial charge is 0.496 e. The van der Waals surface area contributed by atoms with Gasteiger partial charge in [-0.25, -0.2) is 18.4 Å². The van der Waals surface area contributed by atoms with Crippen molar-refractivity contribution in [3.8, 4) is 5.75 Å². The highest BCUT2D eigenvalue weighted by atomic mass is 32.2. The van der Waals surface area contributed by atoms with Crippen LogP contribution in [0.15, 0.2) is 24.3 Å². The number of hydrogen-bond donors (Lipinski definition) is 0. The molecule has 0 bridgehead atoms. The number of benzene rings is 1. The molecule has 162 valence electrons. The maximum absolute atomic E-state index is 12.6. The minimum absolute atomic E-state index is 0.105. The molecule has 0 saturated carbocycles. The van der Waals surface area contributed by atoms with Crippen LogP contribution in [-0.4, -0.2) is 48.6 Å². The van der Waals surface area contributed by atoms with Gasteiger partial charge < -0.3 is 9.64 Å². The van der Waals surface area contributed by atoms with Crippen LogP contribution in [0.2, 0.25) is 0 Å². The molecule has 8 heteroatoms. The molecule has 30 heavy (non-hydrogen) atoms. The molecule has 0 unspecified atom stereocenters. The highest BCUT2D eigenvalue weighted by molar-refractivity contribution is 7.89. The van der Waals surface area contributed by atoms with Crippen LogP contribution in [0.5, 0.6) is 5.75 Å². The SMILES string of the molecule is CCS(=O)(=O)N1CCC[C@@H]1c1nc(C)c2c(n1)N(Cc1ccccc1OC)CCC2. The average molecular weight is 431 g/mol. The maximum atomic E-state index is 12.6. The standard InChI is InChI=1S/C22H30N4O3S/c1-4-30(27,28)26-14-8-11-19(26)21-23-16(2)18-10-7-13-25(22(18)24-21)15-17-9-5-6-12-20(17)29-3/h5-6,9,12,19H,4,7-8,10-11,13-15H2,1-3H3/t19-/m1/s1. The molecule has 1 fully saturated rings. The van der Waals surface area contributed by atoms with Gasteiger partial charge in [-0.2, -0.15) is 4.31 Å². The monoisotopic (exact) mass is 430 g/mol. The predicted octanol–water partition coefficient (Wildman–Crippen LogP) is 3.23. The Balaban J connectivity index is 1.71. The van der Waals surface area contributed by atoms with Crippen molar-refractivity contribution in [3.05, 3.63) is 46.9 Å². The smallest absolute Gasteiger partial charge is 0.214 e. The lowest BCUT2D eigenvalue weighted by Crippen LogP contribution is -2.35. The number of fused-ring (bicyclic) bond motifs is 1. The van der Waals surface area contributed by atoms with Crippen molar-refractivity contribution in [2.24, 2.45) is 0 Å². The zero-order valence-corrected chi connectivity index (χ0v) is 18.8. The second kappa shape index (κ2) is 8.51. The van der Waals surface area contributed by atoms with Gasteiger partial charge in [-0.3, -0.25) is 0 Å². The number of nitrogens with zero attached hydrogens (tertiary/aromatic N) is 4. The molecule has 2 aliphatic heterocycles. The summed E-state index contributed by atoms with van der Waals surface area (Å²) < 4.78 is 32.3. The average Bonchev–Trinajstić information content (AvgIpc) is 3.25. The lowest BCUT2D eigenvalue weighted by Gasteiger charge is -2.32. The van der Waals surface area contributed by atoms with Gasteiger partial charge in [-0.05, 0) is 45.6 Å². The topological polar surface area (TPSA) is 75.6 Å². The van der Waals surface area contributed by atoms with Gasteiger partial charge in [0.15, 0.2) is 0 Å². The van der Waals surface area contributed by atoms with Crippen molar-refractivity contribution in [2.75, 3.05) is 30.9 Å². The molecular weight excluding hydrogens is 400 g/mol. The number of para-hydroxylation sites is 1. The van der Waals surface area contributed by atoms with E-state index in [-0.39, 0.29) is 11.8 Å². The van der Waals surface area contributed by atoms with Crippen LogP contribution < -0.4 is 9.64 Å². The van der Waals surface area contributed by atoms with Crippen molar-refractivity contribution in [3.63, 3.8) is 0 Å². The third kappa shape index (κ3) is 3.90. The Bertz CT molecular complexity index is 1030. The third-order valence-electron chi connectivity index (χ3n) is 6.14. The van der Waals surface area contributed by atoms with E-state index in [2.05, 4.69) is 11.0 Å². The van der Waals surface area contributed by atoms with Crippen LogP contribution in [0.4, 0.5) is 5.82 Å². The Morgan fingerprint density at radius 3 is 2.73 bits per heavy atom. The molecule has 0 amide bonds. The number of sulfonamides is 1. The highest BCUT2D eigenvalue weighted by Crippen LogP contribution is 2.36. The first-order valence-electron chi connectivity index (χ1n) is 10.7. The fraction of sp³-hybridized carbons (Fsp3) is 0.545. The molecular formula is C22H30N4O3S. The Kier molecular flexibility index (Phi) is 5.97. The van der Waals surface area contributed by atoms with Crippen LogP contribution in [0.1, 0.15) is 54.9 Å². The Morgan fingerprint density at radius 1 is 1.17 bits per heavy atom. The van der Waals surface area contributed by atoms with Gasteiger partial charge in [0.05, 0.1) is 18.9 Å². The quantitative estimate of drug-likeness (QED) is 0.700. The summed E-state index contributed by atoms with van der Waals surface area (Å²) >= 11 is 0. The maximum Gasteiger partial charge on any atom is 0.214 e. The van der Waals surface area contributed by atoms with Gasteiger partial charge in [-0.15, -0.1) is 0 Å². The summed E-state index contributed by atoms with van der Waals surface area (Å²) in [5.41, 5.74) is 3.24. The molecule has 1 saturated heterocycles. The van der Waals surface area contributed by atoms with E-state index in [1.165, 1.54) is 5.56 Å². The molecule has 1 aromatic carbocycles. The van der Waals surface area contributed by atoms with Crippen molar-refractivity contribution in [2.45, 2.75) is 52.1 Å². The summed E-state index contributed by atoms with van der Waals surface area (Å²) in [6.45, 7) is 5.87. The Labute approximate surface area is 179 Å². The first-order chi connectivity index (χ1) is 14.4. The highest BCUT2D eigenvalue weighted by Gasteiger charge is 2.37. The number of rotatable bonds is 6. The molecule has 1 atom stereocenters. The van der Waals surface area contributed by atoms with Gasteiger partial charge >= 0.3 is 0 Å². The van der Waals surface area contributed by atoms with Crippen molar-refractivity contribution < 1.29 is 13.2 Å². The van der Waals surface area contributed by atoms with E-state index in [1.807, 2.05) is 25.1 Å². The molecule has 2 aliphatic rings. The Hall–Kier alpha value is -2.19. The van der Waals surface area contributed by atoms with Crippen molar-refractivity contribution in [1.29, 1.82) is 0 Å². The van der Waals surface area contributed by atoms with E-state index < -0.39 is 10.0 Å². The van der Waals surface area contributed by atoms with E-state index in [0.717, 1.165) is 55.1 Å². The fourth-order valence-electron chi connectivity index (χ4n) is 4.55. The third-order valence-corrected chi connectivity index (χ3v) is 8.02. The number of aromatic nitrogens is 2. The molecule has 2 aromatic rings. The number of ether oxygens (including phenoxy) is 1. The zero-order chi connectivity index (χ0) is 21.3. The molecule has 1 aromatic heterocycles. The van der Waals surface area contributed by atoms with Crippen LogP contribution in [0.25, 0.3) is 0 Å². The molecule has 0 N–H and O–H groups in total. The summed E-state index contributed by atoms with van der Waals surface area (Å²) in [7, 11) is -1.59. The molecule has 7 nitrogen and oxygen atoms in total. The van der Waals surface area contributed by atoms with Gasteiger partial charge in [0, 0.05) is 36.5 Å². The number of methoxy groups -OCH3 is 1. The van der Waals surface area contributed by atoms with Gasteiger partial charge in [0.1, 0.15) is 17.4 Å². The van der Waals surface area contributed by atoms with Gasteiger partial charge in [0.25, 0.3) is 0 Å². The van der Waals surface area contributed by atoms with Crippen LogP contribution in [-0.2, 0) is 23.0 Å². The summed E-state index contributed by atoms with van der Waals surface area (Å²) in [6, 6.07) is 7.77. The number of hydrogen-bond acceptors (Lipinski definition) is 6. The first kappa shape index (κ1) is 21.1. The van der Waals surface area contributed by atoms with Crippen molar-refractivity contribution in [1.82, 2.24) is 14.3 Å². The lowest BCUT2D eigenvalue weighted by molar-refractivity contribution is 0.382. The van der Waals surface area contributed by atoms with Crippen molar-refractivity contribution >= 4 is 15.8 Å². The Morgan fingerprint density at radius 2 is 1.97 bits per heavy atom. The second-order valence-electron chi connectivity index (χ2n) is 7.98. The predicted molar refractivity (Wildman–Crippen MR) is 117 cm³/mol. The van der Waals surface area contributed by atoms with Gasteiger partial charge in [0.2, 0.25) is 10.0 Å². The molecule has 0 radical (unpaired) electrons. The number of anilines is 1. The fourth-order valence-corrected chi connectivity index (χ4v) is 5.87. The minimum Gasteiger partial charge on any atom is -0.496 e. The number of aryl methyl sites for hydroxylation is 1. The van der Waals surface area contributed by atoms with E-state index in [0.29, 0.717) is 18.9 Å². The first-order valence-corrected chi connectivity index (χ1v) is 12.3. The summed E-state index contributed by atoms with van der Waals surface area (Å²) in [4.78, 5) is 12.0. The van der Waals surface area contributed by atoms with E-state index in [4.69, 9.17) is 14.7 Å². The summed E-state index contributed by atoms with van der Waals surface area (Å²) in [6.07, 6.45) is 3.61. The molecule has 3 heterocycles. The van der Waals surface area contributed by atoms with Crippen LogP contribution in [0.3, 0.4) is 0 Å². The zero-order valence-electron chi connectivity index (χ0n) is 18.0. The normalized spacial score (nSPS) is 19.7.